The Balaban J connectivity index is 2.57. The van der Waals surface area contributed by atoms with Gasteiger partial charge in [0.05, 0.1) is 5.75 Å². The van der Waals surface area contributed by atoms with Crippen LogP contribution in [0.2, 0.25) is 0 Å². The van der Waals surface area contributed by atoms with Crippen molar-refractivity contribution in [1.29, 1.82) is 0 Å². The summed E-state index contributed by atoms with van der Waals surface area (Å²) >= 11 is 1.18. The minimum atomic E-state index is -2.62. The van der Waals surface area contributed by atoms with Crippen LogP contribution in [0.5, 0.6) is 0 Å². The van der Waals surface area contributed by atoms with E-state index < -0.39 is 5.92 Å². The van der Waals surface area contributed by atoms with Crippen molar-refractivity contribution in [2.75, 3.05) is 12.3 Å². The molecule has 0 atom stereocenters. The van der Waals surface area contributed by atoms with Gasteiger partial charge in [-0.15, -0.1) is 11.8 Å². The maximum Gasteiger partial charge on any atom is 0.254 e. The SMILES string of the molecule is CC(F)(F)CSc1cccc(CCN)c1. The second kappa shape index (κ2) is 5.47. The summed E-state index contributed by atoms with van der Waals surface area (Å²) in [5, 5.41) is 0. The fraction of sp³-hybridized carbons (Fsp3) is 0.455. The number of alkyl halides is 2. The standard InChI is InChI=1S/C11H15F2NS/c1-11(12,13)8-15-10-4-2-3-9(7-10)5-6-14/h2-4,7H,5-6,8,14H2,1H3. The van der Waals surface area contributed by atoms with E-state index in [9.17, 15) is 8.78 Å². The van der Waals surface area contributed by atoms with Crippen molar-refractivity contribution < 1.29 is 8.78 Å². The molecule has 0 bridgehead atoms. The summed E-state index contributed by atoms with van der Waals surface area (Å²) in [5.41, 5.74) is 6.53. The normalized spacial score (nSPS) is 11.7. The highest BCUT2D eigenvalue weighted by atomic mass is 32.2. The number of thioether (sulfide) groups is 1. The summed E-state index contributed by atoms with van der Waals surface area (Å²) in [6.45, 7) is 1.52. The maximum absolute atomic E-state index is 12.6. The maximum atomic E-state index is 12.6. The molecule has 0 amide bonds. The van der Waals surface area contributed by atoms with Crippen molar-refractivity contribution in [3.05, 3.63) is 29.8 Å². The van der Waals surface area contributed by atoms with Gasteiger partial charge in [-0.2, -0.15) is 0 Å². The largest absolute Gasteiger partial charge is 0.330 e. The van der Waals surface area contributed by atoms with E-state index in [1.807, 2.05) is 24.3 Å². The topological polar surface area (TPSA) is 26.0 Å². The van der Waals surface area contributed by atoms with Gasteiger partial charge in [0.25, 0.3) is 5.92 Å². The van der Waals surface area contributed by atoms with Gasteiger partial charge in [0.15, 0.2) is 0 Å². The van der Waals surface area contributed by atoms with Crippen LogP contribution in [0.25, 0.3) is 0 Å². The van der Waals surface area contributed by atoms with Crippen LogP contribution in [0.3, 0.4) is 0 Å². The molecule has 0 aliphatic heterocycles. The first-order valence-corrected chi connectivity index (χ1v) is 5.79. The van der Waals surface area contributed by atoms with Gasteiger partial charge in [-0.25, -0.2) is 8.78 Å². The Labute approximate surface area is 93.1 Å². The molecule has 1 rings (SSSR count). The number of rotatable bonds is 5. The molecule has 2 N–H and O–H groups in total. The van der Waals surface area contributed by atoms with E-state index in [0.717, 1.165) is 23.8 Å². The molecule has 4 heteroatoms. The Morgan fingerprint density at radius 2 is 2.13 bits per heavy atom. The predicted molar refractivity (Wildman–Crippen MR) is 60.5 cm³/mol. The molecule has 0 radical (unpaired) electrons. The minimum absolute atomic E-state index is 0.181. The minimum Gasteiger partial charge on any atom is -0.330 e. The van der Waals surface area contributed by atoms with Gasteiger partial charge < -0.3 is 5.73 Å². The highest BCUT2D eigenvalue weighted by Crippen LogP contribution is 2.26. The van der Waals surface area contributed by atoms with Crippen LogP contribution >= 0.6 is 11.8 Å². The molecule has 0 unspecified atom stereocenters. The van der Waals surface area contributed by atoms with Crippen molar-refractivity contribution in [3.63, 3.8) is 0 Å². The van der Waals surface area contributed by atoms with Gasteiger partial charge in [0.2, 0.25) is 0 Å². The van der Waals surface area contributed by atoms with E-state index in [0.29, 0.717) is 6.54 Å². The van der Waals surface area contributed by atoms with E-state index >= 15 is 0 Å². The third-order valence-corrected chi connectivity index (χ3v) is 3.06. The molecule has 0 aliphatic carbocycles. The molecule has 1 nitrogen and oxygen atoms in total. The molecule has 0 aromatic heterocycles. The molecule has 0 spiro atoms. The van der Waals surface area contributed by atoms with Gasteiger partial charge in [0.1, 0.15) is 0 Å². The lowest BCUT2D eigenvalue weighted by atomic mass is 10.2. The van der Waals surface area contributed by atoms with Crippen LogP contribution in [-0.2, 0) is 6.42 Å². The molecule has 0 aliphatic rings. The molecule has 1 aromatic carbocycles. The molecule has 1 aromatic rings. The molecule has 15 heavy (non-hydrogen) atoms. The molecular weight excluding hydrogens is 216 g/mol. The lowest BCUT2D eigenvalue weighted by molar-refractivity contribution is 0.0492. The predicted octanol–water partition coefficient (Wildman–Crippen LogP) is 2.94. The van der Waals surface area contributed by atoms with Gasteiger partial charge in [-0.1, -0.05) is 12.1 Å². The Hall–Kier alpha value is -0.610. The number of nitrogens with two attached hydrogens (primary N) is 1. The highest BCUT2D eigenvalue weighted by molar-refractivity contribution is 7.99. The fourth-order valence-electron chi connectivity index (χ4n) is 1.17. The Bertz CT molecular complexity index is 310. The van der Waals surface area contributed by atoms with Crippen LogP contribution in [0.1, 0.15) is 12.5 Å². The van der Waals surface area contributed by atoms with Crippen molar-refractivity contribution in [2.45, 2.75) is 24.2 Å². The summed E-state index contributed by atoms with van der Waals surface area (Å²) in [4.78, 5) is 0.877. The van der Waals surface area contributed by atoms with Crippen molar-refractivity contribution in [2.24, 2.45) is 5.73 Å². The first-order valence-electron chi connectivity index (χ1n) is 4.81. The molecular formula is C11H15F2NS. The van der Waals surface area contributed by atoms with Crippen LogP contribution < -0.4 is 5.73 Å². The zero-order valence-corrected chi connectivity index (χ0v) is 9.49. The van der Waals surface area contributed by atoms with Gasteiger partial charge >= 0.3 is 0 Å². The number of hydrogen-bond donors (Lipinski definition) is 1. The second-order valence-corrected chi connectivity index (χ2v) is 4.59. The zero-order valence-electron chi connectivity index (χ0n) is 8.67. The highest BCUT2D eigenvalue weighted by Gasteiger charge is 2.20. The molecule has 0 saturated heterocycles. The summed E-state index contributed by atoms with van der Waals surface area (Å²) in [5.74, 6) is -2.80. The van der Waals surface area contributed by atoms with Crippen LogP contribution in [0.15, 0.2) is 29.2 Å². The summed E-state index contributed by atoms with van der Waals surface area (Å²) in [6, 6.07) is 7.60. The van der Waals surface area contributed by atoms with Gasteiger partial charge in [0, 0.05) is 11.8 Å². The lowest BCUT2D eigenvalue weighted by Gasteiger charge is -2.09. The Kier molecular flexibility index (Phi) is 4.54. The van der Waals surface area contributed by atoms with E-state index in [4.69, 9.17) is 5.73 Å². The second-order valence-electron chi connectivity index (χ2n) is 3.54. The monoisotopic (exact) mass is 231 g/mol. The smallest absolute Gasteiger partial charge is 0.254 e. The summed E-state index contributed by atoms with van der Waals surface area (Å²) in [6.07, 6.45) is 0.789. The Morgan fingerprint density at radius 3 is 2.73 bits per heavy atom. The average Bonchev–Trinajstić information content (AvgIpc) is 2.15. The Morgan fingerprint density at radius 1 is 1.40 bits per heavy atom. The van der Waals surface area contributed by atoms with Crippen molar-refractivity contribution >= 4 is 11.8 Å². The molecule has 84 valence electrons. The summed E-state index contributed by atoms with van der Waals surface area (Å²) in [7, 11) is 0. The van der Waals surface area contributed by atoms with E-state index in [2.05, 4.69) is 0 Å². The number of benzene rings is 1. The lowest BCUT2D eigenvalue weighted by Crippen LogP contribution is -2.12. The van der Waals surface area contributed by atoms with Crippen LogP contribution in [0, 0.1) is 0 Å². The fourth-order valence-corrected chi connectivity index (χ4v) is 2.00. The third kappa shape index (κ3) is 5.14. The summed E-state index contributed by atoms with van der Waals surface area (Å²) < 4.78 is 25.2. The van der Waals surface area contributed by atoms with E-state index in [-0.39, 0.29) is 5.75 Å². The molecule has 0 fully saturated rings. The number of halogens is 2. The average molecular weight is 231 g/mol. The third-order valence-electron chi connectivity index (χ3n) is 1.82. The zero-order chi connectivity index (χ0) is 11.3. The van der Waals surface area contributed by atoms with E-state index in [1.54, 1.807) is 0 Å². The van der Waals surface area contributed by atoms with E-state index in [1.165, 1.54) is 11.8 Å². The quantitative estimate of drug-likeness (QED) is 0.788. The van der Waals surface area contributed by atoms with Gasteiger partial charge in [-0.05, 0) is 30.7 Å². The van der Waals surface area contributed by atoms with Crippen LogP contribution in [0.4, 0.5) is 8.78 Å². The first-order chi connectivity index (χ1) is 7.01. The molecule has 0 heterocycles. The first kappa shape index (κ1) is 12.5. The van der Waals surface area contributed by atoms with Crippen LogP contribution in [-0.4, -0.2) is 18.2 Å². The van der Waals surface area contributed by atoms with Crippen molar-refractivity contribution in [3.8, 4) is 0 Å². The van der Waals surface area contributed by atoms with Crippen molar-refractivity contribution in [1.82, 2.24) is 0 Å². The number of hydrogen-bond acceptors (Lipinski definition) is 2. The molecule has 0 saturated carbocycles. The van der Waals surface area contributed by atoms with Gasteiger partial charge in [-0.3, -0.25) is 0 Å².